The number of esters is 1. The van der Waals surface area contributed by atoms with Crippen molar-refractivity contribution in [2.45, 2.75) is 6.92 Å². The van der Waals surface area contributed by atoms with Gasteiger partial charge in [-0.15, -0.1) is 11.3 Å². The Morgan fingerprint density at radius 3 is 2.89 bits per heavy atom. The van der Waals surface area contributed by atoms with E-state index in [-0.39, 0.29) is 12.4 Å². The number of hydrogen-bond acceptors (Lipinski definition) is 4. The summed E-state index contributed by atoms with van der Waals surface area (Å²) in [5.41, 5.74) is 6.48. The largest absolute Gasteiger partial charge is 0.462 e. The van der Waals surface area contributed by atoms with Crippen molar-refractivity contribution < 1.29 is 13.9 Å². The summed E-state index contributed by atoms with van der Waals surface area (Å²) < 4.78 is 19.4. The number of halogens is 2. The van der Waals surface area contributed by atoms with Gasteiger partial charge in [0.2, 0.25) is 0 Å². The summed E-state index contributed by atoms with van der Waals surface area (Å²) in [6.45, 7) is 1.99. The van der Waals surface area contributed by atoms with Crippen molar-refractivity contribution in [2.24, 2.45) is 0 Å². The molecule has 0 aliphatic rings. The molecule has 3 nitrogen and oxygen atoms in total. The number of benzene rings is 1. The van der Waals surface area contributed by atoms with Crippen LogP contribution in [0.2, 0.25) is 0 Å². The molecule has 100 valence electrons. The Hall–Kier alpha value is -1.40. The molecule has 1 aromatic heterocycles. The fourth-order valence-corrected chi connectivity index (χ4v) is 3.34. The minimum Gasteiger partial charge on any atom is -0.462 e. The van der Waals surface area contributed by atoms with E-state index in [1.54, 1.807) is 25.1 Å². The van der Waals surface area contributed by atoms with Gasteiger partial charge in [-0.3, -0.25) is 0 Å². The summed E-state index contributed by atoms with van der Waals surface area (Å²) in [7, 11) is 0. The van der Waals surface area contributed by atoms with Gasteiger partial charge in [-0.05, 0) is 25.1 Å². The first kappa shape index (κ1) is 14.0. The highest BCUT2D eigenvalue weighted by Gasteiger charge is 2.19. The minimum atomic E-state index is -0.483. The van der Waals surface area contributed by atoms with Gasteiger partial charge in [0.25, 0.3) is 0 Å². The van der Waals surface area contributed by atoms with E-state index in [1.165, 1.54) is 6.07 Å². The predicted octanol–water partition coefficient (Wildman–Crippen LogP) is 4.08. The summed E-state index contributed by atoms with van der Waals surface area (Å²) in [6.07, 6.45) is 0. The number of nitrogen functional groups attached to an aromatic ring is 1. The van der Waals surface area contributed by atoms with Gasteiger partial charge >= 0.3 is 5.97 Å². The molecule has 2 N–H and O–H groups in total. The fraction of sp³-hybridized carbons (Fsp3) is 0.154. The van der Waals surface area contributed by atoms with Crippen LogP contribution in [0.1, 0.15) is 16.6 Å². The first-order valence-corrected chi connectivity index (χ1v) is 7.16. The van der Waals surface area contributed by atoms with Gasteiger partial charge < -0.3 is 10.5 Å². The third kappa shape index (κ3) is 2.79. The molecule has 0 radical (unpaired) electrons. The molecule has 0 fully saturated rings. The van der Waals surface area contributed by atoms with Gasteiger partial charge in [0.05, 0.1) is 12.3 Å². The van der Waals surface area contributed by atoms with Crippen molar-refractivity contribution in [1.29, 1.82) is 0 Å². The lowest BCUT2D eigenvalue weighted by molar-refractivity contribution is 0.0533. The summed E-state index contributed by atoms with van der Waals surface area (Å²) in [5.74, 6) is -0.852. The first-order chi connectivity index (χ1) is 9.04. The number of hydrogen-bond donors (Lipinski definition) is 1. The van der Waals surface area contributed by atoms with E-state index < -0.39 is 5.97 Å². The van der Waals surface area contributed by atoms with Gasteiger partial charge in [0.15, 0.2) is 0 Å². The lowest BCUT2D eigenvalue weighted by atomic mass is 10.2. The average Bonchev–Trinajstić information content (AvgIpc) is 2.71. The molecule has 1 aromatic carbocycles. The molecule has 0 bridgehead atoms. The third-order valence-electron chi connectivity index (χ3n) is 2.43. The minimum absolute atomic E-state index is 0.273. The molecule has 0 saturated carbocycles. The Labute approximate surface area is 122 Å². The molecule has 2 aromatic rings. The zero-order valence-electron chi connectivity index (χ0n) is 10.1. The SMILES string of the molecule is CCOC(=O)c1sc(-c2c(F)cccc2Br)cc1N. The highest BCUT2D eigenvalue weighted by atomic mass is 79.9. The number of thiophene rings is 1. The Balaban J connectivity index is 2.48. The second kappa shape index (κ2) is 5.71. The average molecular weight is 344 g/mol. The number of nitrogens with two attached hydrogens (primary N) is 1. The van der Waals surface area contributed by atoms with Crippen LogP contribution in [-0.2, 0) is 4.74 Å². The maximum atomic E-state index is 13.8. The van der Waals surface area contributed by atoms with Crippen molar-refractivity contribution in [3.05, 3.63) is 39.4 Å². The van der Waals surface area contributed by atoms with E-state index in [0.717, 1.165) is 11.3 Å². The van der Waals surface area contributed by atoms with Gasteiger partial charge in [-0.1, -0.05) is 22.0 Å². The Morgan fingerprint density at radius 1 is 1.53 bits per heavy atom. The van der Waals surface area contributed by atoms with Crippen molar-refractivity contribution in [3.63, 3.8) is 0 Å². The Kier molecular flexibility index (Phi) is 4.21. The Morgan fingerprint density at radius 2 is 2.26 bits per heavy atom. The number of ether oxygens (including phenoxy) is 1. The van der Waals surface area contributed by atoms with E-state index in [4.69, 9.17) is 10.5 Å². The van der Waals surface area contributed by atoms with E-state index in [0.29, 0.717) is 25.5 Å². The summed E-state index contributed by atoms with van der Waals surface area (Å²) in [4.78, 5) is 12.6. The van der Waals surface area contributed by atoms with Crippen LogP contribution in [0.15, 0.2) is 28.7 Å². The molecule has 0 unspecified atom stereocenters. The second-order valence-electron chi connectivity index (χ2n) is 3.71. The molecular formula is C13H11BrFNO2S. The van der Waals surface area contributed by atoms with Gasteiger partial charge in [0, 0.05) is 14.9 Å². The summed E-state index contributed by atoms with van der Waals surface area (Å²) >= 11 is 4.41. The van der Waals surface area contributed by atoms with Crippen LogP contribution in [0.25, 0.3) is 10.4 Å². The third-order valence-corrected chi connectivity index (χ3v) is 4.24. The van der Waals surface area contributed by atoms with Gasteiger partial charge in [-0.25, -0.2) is 9.18 Å². The number of anilines is 1. The molecule has 19 heavy (non-hydrogen) atoms. The van der Waals surface area contributed by atoms with Crippen LogP contribution in [0.5, 0.6) is 0 Å². The topological polar surface area (TPSA) is 52.3 Å². The van der Waals surface area contributed by atoms with Crippen molar-refractivity contribution in [3.8, 4) is 10.4 Å². The van der Waals surface area contributed by atoms with Crippen molar-refractivity contribution in [1.82, 2.24) is 0 Å². The predicted molar refractivity (Wildman–Crippen MR) is 77.8 cm³/mol. The maximum Gasteiger partial charge on any atom is 0.350 e. The van der Waals surface area contributed by atoms with Gasteiger partial charge in [-0.2, -0.15) is 0 Å². The normalized spacial score (nSPS) is 10.5. The first-order valence-electron chi connectivity index (χ1n) is 5.55. The van der Waals surface area contributed by atoms with E-state index >= 15 is 0 Å². The lowest BCUT2D eigenvalue weighted by Gasteiger charge is -2.02. The van der Waals surface area contributed by atoms with Crippen molar-refractivity contribution >= 4 is 38.9 Å². The molecule has 2 rings (SSSR count). The van der Waals surface area contributed by atoms with Crippen LogP contribution in [0.4, 0.5) is 10.1 Å². The van der Waals surface area contributed by atoms with Crippen LogP contribution < -0.4 is 5.73 Å². The molecule has 0 atom stereocenters. The van der Waals surface area contributed by atoms with Crippen molar-refractivity contribution in [2.75, 3.05) is 12.3 Å². The van der Waals surface area contributed by atoms with E-state index in [1.807, 2.05) is 0 Å². The standard InChI is InChI=1S/C13H11BrFNO2S/c1-2-18-13(17)12-9(16)6-10(19-12)11-7(14)4-3-5-8(11)15/h3-6H,2,16H2,1H3. The fourth-order valence-electron chi connectivity index (χ4n) is 1.62. The van der Waals surface area contributed by atoms with Gasteiger partial charge in [0.1, 0.15) is 10.7 Å². The molecule has 1 heterocycles. The van der Waals surface area contributed by atoms with E-state index in [9.17, 15) is 9.18 Å². The molecule has 0 aliphatic carbocycles. The highest BCUT2D eigenvalue weighted by Crippen LogP contribution is 2.38. The zero-order valence-corrected chi connectivity index (χ0v) is 12.5. The zero-order chi connectivity index (χ0) is 14.0. The monoisotopic (exact) mass is 343 g/mol. The second-order valence-corrected chi connectivity index (χ2v) is 5.62. The molecule has 6 heteroatoms. The maximum absolute atomic E-state index is 13.8. The summed E-state index contributed by atoms with van der Waals surface area (Å²) in [6, 6.07) is 6.28. The highest BCUT2D eigenvalue weighted by molar-refractivity contribution is 9.10. The van der Waals surface area contributed by atoms with Crippen LogP contribution >= 0.6 is 27.3 Å². The van der Waals surface area contributed by atoms with E-state index in [2.05, 4.69) is 15.9 Å². The molecule has 0 saturated heterocycles. The molecular weight excluding hydrogens is 333 g/mol. The molecule has 0 spiro atoms. The quantitative estimate of drug-likeness (QED) is 0.854. The van der Waals surface area contributed by atoms with Crippen LogP contribution in [-0.4, -0.2) is 12.6 Å². The van der Waals surface area contributed by atoms with Crippen LogP contribution in [0.3, 0.4) is 0 Å². The Bertz CT molecular complexity index is 607. The van der Waals surface area contributed by atoms with Crippen LogP contribution in [0, 0.1) is 5.82 Å². The lowest BCUT2D eigenvalue weighted by Crippen LogP contribution is -2.04. The number of rotatable bonds is 3. The summed E-state index contributed by atoms with van der Waals surface area (Å²) in [5, 5.41) is 0. The number of carbonyl (C=O) groups is 1. The smallest absolute Gasteiger partial charge is 0.350 e. The molecule has 0 aliphatic heterocycles. The molecule has 0 amide bonds. The number of carbonyl (C=O) groups excluding carboxylic acids is 1.